The van der Waals surface area contributed by atoms with Crippen molar-refractivity contribution in [2.75, 3.05) is 79.9 Å². The fraction of sp³-hybridized carbons (Fsp3) is 0.933. The molecule has 0 saturated carbocycles. The Labute approximate surface area is 134 Å². The van der Waals surface area contributed by atoms with Crippen LogP contribution in [-0.4, -0.2) is 90.8 Å². The number of aliphatic imine (C=N–C) groups is 1. The number of rotatable bonds is 11. The fourth-order valence-electron chi connectivity index (χ4n) is 2.16. The maximum atomic E-state index is 5.43. The lowest BCUT2D eigenvalue weighted by Gasteiger charge is -2.26. The Balaban J connectivity index is 1.93. The monoisotopic (exact) mass is 316 g/mol. The number of guanidine groups is 1. The Hall–Kier alpha value is -0.890. The SMILES string of the molecule is CN=C(NCCCCOCCOC)NCCN1CCOCC1. The molecule has 0 aromatic heterocycles. The van der Waals surface area contributed by atoms with E-state index in [-0.39, 0.29) is 0 Å². The van der Waals surface area contributed by atoms with Crippen LogP contribution in [0.2, 0.25) is 0 Å². The Bertz CT molecular complexity index is 284. The molecule has 22 heavy (non-hydrogen) atoms. The van der Waals surface area contributed by atoms with Gasteiger partial charge in [-0.3, -0.25) is 9.89 Å². The van der Waals surface area contributed by atoms with Gasteiger partial charge in [0.1, 0.15) is 0 Å². The summed E-state index contributed by atoms with van der Waals surface area (Å²) in [5.41, 5.74) is 0. The van der Waals surface area contributed by atoms with Gasteiger partial charge in [-0.15, -0.1) is 0 Å². The molecular weight excluding hydrogens is 284 g/mol. The fourth-order valence-corrected chi connectivity index (χ4v) is 2.16. The van der Waals surface area contributed by atoms with E-state index >= 15 is 0 Å². The van der Waals surface area contributed by atoms with E-state index in [4.69, 9.17) is 14.2 Å². The first kappa shape index (κ1) is 19.2. The molecule has 0 radical (unpaired) electrons. The molecule has 7 heteroatoms. The van der Waals surface area contributed by atoms with E-state index in [1.54, 1.807) is 14.2 Å². The predicted octanol–water partition coefficient (Wildman–Crippen LogP) is -0.0732. The first-order chi connectivity index (χ1) is 10.9. The highest BCUT2D eigenvalue weighted by Gasteiger charge is 2.09. The molecule has 0 amide bonds. The van der Waals surface area contributed by atoms with Crippen LogP contribution in [0.3, 0.4) is 0 Å². The zero-order chi connectivity index (χ0) is 15.9. The number of hydrogen-bond acceptors (Lipinski definition) is 5. The van der Waals surface area contributed by atoms with Gasteiger partial charge < -0.3 is 24.8 Å². The third kappa shape index (κ3) is 9.94. The highest BCUT2D eigenvalue weighted by Crippen LogP contribution is 1.94. The van der Waals surface area contributed by atoms with Crippen LogP contribution in [-0.2, 0) is 14.2 Å². The molecule has 1 fully saturated rings. The molecule has 0 bridgehead atoms. The van der Waals surface area contributed by atoms with Crippen LogP contribution in [0.15, 0.2) is 4.99 Å². The summed E-state index contributed by atoms with van der Waals surface area (Å²) in [6.07, 6.45) is 2.11. The van der Waals surface area contributed by atoms with E-state index in [0.29, 0.717) is 13.2 Å². The van der Waals surface area contributed by atoms with Crippen molar-refractivity contribution in [3.8, 4) is 0 Å². The highest BCUT2D eigenvalue weighted by atomic mass is 16.5. The number of hydrogen-bond donors (Lipinski definition) is 2. The van der Waals surface area contributed by atoms with Gasteiger partial charge in [0, 0.05) is 53.5 Å². The lowest BCUT2D eigenvalue weighted by molar-refractivity contribution is 0.0389. The molecule has 1 heterocycles. The smallest absolute Gasteiger partial charge is 0.191 e. The summed E-state index contributed by atoms with van der Waals surface area (Å²) in [7, 11) is 3.49. The lowest BCUT2D eigenvalue weighted by atomic mass is 10.3. The van der Waals surface area contributed by atoms with Gasteiger partial charge in [-0.25, -0.2) is 0 Å². The van der Waals surface area contributed by atoms with Gasteiger partial charge in [0.15, 0.2) is 5.96 Å². The topological polar surface area (TPSA) is 67.4 Å². The first-order valence-corrected chi connectivity index (χ1v) is 8.18. The lowest BCUT2D eigenvalue weighted by Crippen LogP contribution is -2.44. The molecule has 0 aromatic rings. The first-order valence-electron chi connectivity index (χ1n) is 8.18. The Kier molecular flexibility index (Phi) is 12.0. The second-order valence-electron chi connectivity index (χ2n) is 5.19. The quantitative estimate of drug-likeness (QED) is 0.316. The van der Waals surface area contributed by atoms with Crippen LogP contribution in [0.4, 0.5) is 0 Å². The average molecular weight is 316 g/mol. The summed E-state index contributed by atoms with van der Waals surface area (Å²) >= 11 is 0. The van der Waals surface area contributed by atoms with Gasteiger partial charge in [0.05, 0.1) is 26.4 Å². The van der Waals surface area contributed by atoms with Gasteiger partial charge in [-0.1, -0.05) is 0 Å². The molecule has 0 aliphatic carbocycles. The van der Waals surface area contributed by atoms with Gasteiger partial charge in [-0.05, 0) is 12.8 Å². The van der Waals surface area contributed by atoms with Crippen molar-refractivity contribution >= 4 is 5.96 Å². The van der Waals surface area contributed by atoms with Crippen LogP contribution in [0.25, 0.3) is 0 Å². The van der Waals surface area contributed by atoms with E-state index in [9.17, 15) is 0 Å². The number of ether oxygens (including phenoxy) is 3. The number of nitrogens with zero attached hydrogens (tertiary/aromatic N) is 2. The van der Waals surface area contributed by atoms with Crippen molar-refractivity contribution in [1.29, 1.82) is 0 Å². The largest absolute Gasteiger partial charge is 0.382 e. The molecule has 130 valence electrons. The summed E-state index contributed by atoms with van der Waals surface area (Å²) < 4.78 is 15.7. The molecule has 0 atom stereocenters. The summed E-state index contributed by atoms with van der Waals surface area (Å²) in [6, 6.07) is 0. The zero-order valence-corrected chi connectivity index (χ0v) is 14.1. The van der Waals surface area contributed by atoms with Crippen molar-refractivity contribution in [3.63, 3.8) is 0 Å². The van der Waals surface area contributed by atoms with E-state index < -0.39 is 0 Å². The Morgan fingerprint density at radius 3 is 2.59 bits per heavy atom. The minimum Gasteiger partial charge on any atom is -0.382 e. The average Bonchev–Trinajstić information content (AvgIpc) is 2.56. The van der Waals surface area contributed by atoms with E-state index in [2.05, 4.69) is 20.5 Å². The maximum Gasteiger partial charge on any atom is 0.191 e. The van der Waals surface area contributed by atoms with Crippen molar-refractivity contribution in [3.05, 3.63) is 0 Å². The molecule has 7 nitrogen and oxygen atoms in total. The summed E-state index contributed by atoms with van der Waals surface area (Å²) in [5, 5.41) is 6.67. The van der Waals surface area contributed by atoms with Crippen LogP contribution >= 0.6 is 0 Å². The molecule has 1 saturated heterocycles. The third-order valence-electron chi connectivity index (χ3n) is 3.49. The second-order valence-corrected chi connectivity index (χ2v) is 5.19. The predicted molar refractivity (Wildman–Crippen MR) is 88.6 cm³/mol. The maximum absolute atomic E-state index is 5.43. The van der Waals surface area contributed by atoms with Crippen LogP contribution < -0.4 is 10.6 Å². The van der Waals surface area contributed by atoms with Crippen LogP contribution in [0.1, 0.15) is 12.8 Å². The van der Waals surface area contributed by atoms with Gasteiger partial charge in [0.2, 0.25) is 0 Å². The summed E-state index contributed by atoms with van der Waals surface area (Å²) in [4.78, 5) is 6.64. The number of unbranched alkanes of at least 4 members (excludes halogenated alkanes) is 1. The molecule has 0 spiro atoms. The molecule has 1 rings (SSSR count). The number of morpholine rings is 1. The van der Waals surface area contributed by atoms with Crippen molar-refractivity contribution in [2.45, 2.75) is 12.8 Å². The van der Waals surface area contributed by atoms with Crippen molar-refractivity contribution < 1.29 is 14.2 Å². The van der Waals surface area contributed by atoms with Crippen molar-refractivity contribution in [1.82, 2.24) is 15.5 Å². The van der Waals surface area contributed by atoms with Gasteiger partial charge in [0.25, 0.3) is 0 Å². The molecule has 0 aromatic carbocycles. The van der Waals surface area contributed by atoms with Crippen molar-refractivity contribution in [2.24, 2.45) is 4.99 Å². The molecular formula is C15H32N4O3. The Morgan fingerprint density at radius 1 is 1.09 bits per heavy atom. The molecule has 1 aliphatic heterocycles. The summed E-state index contributed by atoms with van der Waals surface area (Å²) in [5.74, 6) is 0.869. The minimum atomic E-state index is 0.665. The summed E-state index contributed by atoms with van der Waals surface area (Å²) in [6.45, 7) is 8.70. The molecule has 2 N–H and O–H groups in total. The number of methoxy groups -OCH3 is 1. The van der Waals surface area contributed by atoms with Crippen LogP contribution in [0.5, 0.6) is 0 Å². The minimum absolute atomic E-state index is 0.665. The van der Waals surface area contributed by atoms with E-state index in [1.165, 1.54) is 0 Å². The second kappa shape index (κ2) is 13.8. The number of nitrogens with one attached hydrogen (secondary N) is 2. The molecule has 1 aliphatic rings. The highest BCUT2D eigenvalue weighted by molar-refractivity contribution is 5.79. The zero-order valence-electron chi connectivity index (χ0n) is 14.1. The van der Waals surface area contributed by atoms with Gasteiger partial charge >= 0.3 is 0 Å². The third-order valence-corrected chi connectivity index (χ3v) is 3.49. The molecule has 0 unspecified atom stereocenters. The standard InChI is InChI=1S/C15H32N4O3/c1-16-15(17-5-3-4-10-21-14-13-20-2)18-6-7-19-8-11-22-12-9-19/h3-14H2,1-2H3,(H2,16,17,18). The Morgan fingerprint density at radius 2 is 1.86 bits per heavy atom. The van der Waals surface area contributed by atoms with Gasteiger partial charge in [-0.2, -0.15) is 0 Å². The van der Waals surface area contributed by atoms with Crippen LogP contribution in [0, 0.1) is 0 Å². The normalized spacial score (nSPS) is 16.7. The van der Waals surface area contributed by atoms with E-state index in [0.717, 1.165) is 71.3 Å². The van der Waals surface area contributed by atoms with E-state index in [1.807, 2.05) is 0 Å².